The van der Waals surface area contributed by atoms with Crippen LogP contribution in [0, 0.1) is 0 Å². The smallest absolute Gasteiger partial charge is 0.233 e. The van der Waals surface area contributed by atoms with E-state index < -0.39 is 0 Å². The second kappa shape index (κ2) is 4.26. The van der Waals surface area contributed by atoms with Crippen LogP contribution in [-0.2, 0) is 9.47 Å². The first-order valence-electron chi connectivity index (χ1n) is 4.92. The topological polar surface area (TPSA) is 83.4 Å². The van der Waals surface area contributed by atoms with Crippen molar-refractivity contribution >= 4 is 0 Å². The van der Waals surface area contributed by atoms with E-state index in [2.05, 4.69) is 10.1 Å². The van der Waals surface area contributed by atoms with Crippen LogP contribution in [0.1, 0.15) is 30.7 Å². The molecule has 6 heteroatoms. The number of nitrogens with zero attached hydrogens (tertiary/aromatic N) is 2. The fourth-order valence-electron chi connectivity index (χ4n) is 1.49. The summed E-state index contributed by atoms with van der Waals surface area (Å²) in [5, 5.41) is 3.84. The maximum atomic E-state index is 5.84. The SMILES string of the molecule is COC(C)c1noc(C2COCC2N)n1. The highest BCUT2D eigenvalue weighted by Gasteiger charge is 2.31. The van der Waals surface area contributed by atoms with Crippen molar-refractivity contribution in [1.29, 1.82) is 0 Å². The van der Waals surface area contributed by atoms with Crippen LogP contribution in [0.15, 0.2) is 4.52 Å². The summed E-state index contributed by atoms with van der Waals surface area (Å²) >= 11 is 0. The van der Waals surface area contributed by atoms with Gasteiger partial charge in [-0.05, 0) is 6.92 Å². The van der Waals surface area contributed by atoms with Crippen molar-refractivity contribution in [2.24, 2.45) is 5.73 Å². The maximum absolute atomic E-state index is 5.84. The molecule has 1 aliphatic rings. The molecule has 3 unspecified atom stereocenters. The Morgan fingerprint density at radius 1 is 1.53 bits per heavy atom. The van der Waals surface area contributed by atoms with Crippen LogP contribution in [0.2, 0.25) is 0 Å². The third-order valence-corrected chi connectivity index (χ3v) is 2.62. The molecule has 1 saturated heterocycles. The lowest BCUT2D eigenvalue weighted by Gasteiger charge is -2.06. The third kappa shape index (κ3) is 2.01. The van der Waals surface area contributed by atoms with Crippen LogP contribution in [0.5, 0.6) is 0 Å². The molecule has 0 saturated carbocycles. The Bertz CT molecular complexity index is 328. The molecule has 0 spiro atoms. The first-order valence-corrected chi connectivity index (χ1v) is 4.92. The molecule has 0 bridgehead atoms. The third-order valence-electron chi connectivity index (χ3n) is 2.62. The summed E-state index contributed by atoms with van der Waals surface area (Å²) in [5.41, 5.74) is 5.84. The van der Waals surface area contributed by atoms with Gasteiger partial charge in [-0.3, -0.25) is 0 Å². The molecule has 2 rings (SSSR count). The highest BCUT2D eigenvalue weighted by Crippen LogP contribution is 2.24. The largest absolute Gasteiger partial charge is 0.379 e. The van der Waals surface area contributed by atoms with Crippen molar-refractivity contribution in [3.8, 4) is 0 Å². The second-order valence-electron chi connectivity index (χ2n) is 3.68. The number of hydrogen-bond donors (Lipinski definition) is 1. The van der Waals surface area contributed by atoms with Crippen LogP contribution in [0.4, 0.5) is 0 Å². The maximum Gasteiger partial charge on any atom is 0.233 e. The zero-order valence-electron chi connectivity index (χ0n) is 8.84. The minimum atomic E-state index is -0.166. The number of methoxy groups -OCH3 is 1. The van der Waals surface area contributed by atoms with E-state index in [1.165, 1.54) is 0 Å². The highest BCUT2D eigenvalue weighted by molar-refractivity contribution is 5.02. The van der Waals surface area contributed by atoms with E-state index in [4.69, 9.17) is 19.7 Å². The standard InChI is InChI=1S/C9H15N3O3/c1-5(13-2)8-11-9(15-12-8)6-3-14-4-7(6)10/h5-7H,3-4,10H2,1-2H3. The first-order chi connectivity index (χ1) is 7.22. The molecule has 1 aromatic rings. The minimum absolute atomic E-state index is 0.00954. The van der Waals surface area contributed by atoms with Gasteiger partial charge in [-0.1, -0.05) is 5.16 Å². The average Bonchev–Trinajstić information content (AvgIpc) is 2.84. The summed E-state index contributed by atoms with van der Waals surface area (Å²) in [6.07, 6.45) is -0.166. The lowest BCUT2D eigenvalue weighted by molar-refractivity contribution is 0.109. The zero-order valence-corrected chi connectivity index (χ0v) is 8.84. The monoisotopic (exact) mass is 213 g/mol. The number of ether oxygens (including phenoxy) is 2. The molecule has 2 N–H and O–H groups in total. The molecule has 84 valence electrons. The van der Waals surface area contributed by atoms with Gasteiger partial charge in [0.05, 0.1) is 19.1 Å². The Hall–Kier alpha value is -0.980. The molecular formula is C9H15N3O3. The van der Waals surface area contributed by atoms with Crippen molar-refractivity contribution in [3.63, 3.8) is 0 Å². The Morgan fingerprint density at radius 2 is 2.33 bits per heavy atom. The summed E-state index contributed by atoms with van der Waals surface area (Å²) in [5.74, 6) is 1.10. The molecule has 1 aliphatic heterocycles. The Kier molecular flexibility index (Phi) is 2.99. The number of aromatic nitrogens is 2. The predicted octanol–water partition coefficient (Wildman–Crippen LogP) is 0.218. The Labute approximate surface area is 87.7 Å². The van der Waals surface area contributed by atoms with Gasteiger partial charge in [0, 0.05) is 13.2 Å². The van der Waals surface area contributed by atoms with E-state index in [-0.39, 0.29) is 18.1 Å². The molecule has 0 radical (unpaired) electrons. The Morgan fingerprint density at radius 3 is 2.93 bits per heavy atom. The molecule has 6 nitrogen and oxygen atoms in total. The van der Waals surface area contributed by atoms with Gasteiger partial charge in [0.1, 0.15) is 6.10 Å². The molecule has 3 atom stereocenters. The normalized spacial score (nSPS) is 28.2. The molecule has 0 aliphatic carbocycles. The van der Waals surface area contributed by atoms with Crippen molar-refractivity contribution in [2.75, 3.05) is 20.3 Å². The molecular weight excluding hydrogens is 198 g/mol. The summed E-state index contributed by atoms with van der Waals surface area (Å²) < 4.78 is 15.5. The minimum Gasteiger partial charge on any atom is -0.379 e. The quantitative estimate of drug-likeness (QED) is 0.773. The second-order valence-corrected chi connectivity index (χ2v) is 3.68. The van der Waals surface area contributed by atoms with Gasteiger partial charge in [0.2, 0.25) is 5.89 Å². The number of hydrogen-bond acceptors (Lipinski definition) is 6. The number of nitrogens with two attached hydrogens (primary N) is 1. The molecule has 1 fully saturated rings. The lowest BCUT2D eigenvalue weighted by atomic mass is 10.1. The van der Waals surface area contributed by atoms with E-state index in [9.17, 15) is 0 Å². The summed E-state index contributed by atoms with van der Waals surface area (Å²) in [4.78, 5) is 4.25. The van der Waals surface area contributed by atoms with E-state index >= 15 is 0 Å². The molecule has 0 amide bonds. The van der Waals surface area contributed by atoms with Gasteiger partial charge in [-0.2, -0.15) is 4.98 Å². The van der Waals surface area contributed by atoms with Gasteiger partial charge in [0.25, 0.3) is 0 Å². The van der Waals surface area contributed by atoms with E-state index in [0.29, 0.717) is 24.9 Å². The van der Waals surface area contributed by atoms with Crippen LogP contribution < -0.4 is 5.73 Å². The van der Waals surface area contributed by atoms with Crippen molar-refractivity contribution in [1.82, 2.24) is 10.1 Å². The van der Waals surface area contributed by atoms with Crippen LogP contribution in [0.25, 0.3) is 0 Å². The zero-order chi connectivity index (χ0) is 10.8. The molecule has 1 aromatic heterocycles. The summed E-state index contributed by atoms with van der Waals surface area (Å²) in [6.45, 7) is 2.95. The molecule has 0 aromatic carbocycles. The summed E-state index contributed by atoms with van der Waals surface area (Å²) in [6, 6.07) is -0.0591. The van der Waals surface area contributed by atoms with Crippen molar-refractivity contribution in [2.45, 2.75) is 25.0 Å². The number of rotatable bonds is 3. The fraction of sp³-hybridized carbons (Fsp3) is 0.778. The van der Waals surface area contributed by atoms with Crippen molar-refractivity contribution in [3.05, 3.63) is 11.7 Å². The van der Waals surface area contributed by atoms with Gasteiger partial charge in [-0.25, -0.2) is 0 Å². The average molecular weight is 213 g/mol. The molecule has 2 heterocycles. The van der Waals surface area contributed by atoms with Gasteiger partial charge in [0.15, 0.2) is 5.82 Å². The molecule has 15 heavy (non-hydrogen) atoms. The van der Waals surface area contributed by atoms with Gasteiger partial charge < -0.3 is 19.7 Å². The van der Waals surface area contributed by atoms with Gasteiger partial charge >= 0.3 is 0 Å². The lowest BCUT2D eigenvalue weighted by Crippen LogP contribution is -2.27. The first kappa shape index (κ1) is 10.5. The van der Waals surface area contributed by atoms with Crippen molar-refractivity contribution < 1.29 is 14.0 Å². The van der Waals surface area contributed by atoms with Gasteiger partial charge in [-0.15, -0.1) is 0 Å². The fourth-order valence-corrected chi connectivity index (χ4v) is 1.49. The van der Waals surface area contributed by atoms with E-state index in [0.717, 1.165) is 0 Å². The van der Waals surface area contributed by atoms with Crippen LogP contribution in [0.3, 0.4) is 0 Å². The highest BCUT2D eigenvalue weighted by atomic mass is 16.5. The van der Waals surface area contributed by atoms with Crippen LogP contribution >= 0.6 is 0 Å². The van der Waals surface area contributed by atoms with E-state index in [1.54, 1.807) is 7.11 Å². The Balaban J connectivity index is 2.12. The van der Waals surface area contributed by atoms with Crippen LogP contribution in [-0.4, -0.2) is 36.5 Å². The summed E-state index contributed by atoms with van der Waals surface area (Å²) in [7, 11) is 1.60. The van der Waals surface area contributed by atoms with E-state index in [1.807, 2.05) is 6.92 Å². The predicted molar refractivity (Wildman–Crippen MR) is 51.3 cm³/mol.